The molecule has 138 valence electrons. The molecule has 0 amide bonds. The van der Waals surface area contributed by atoms with E-state index in [2.05, 4.69) is 29.6 Å². The van der Waals surface area contributed by atoms with Gasteiger partial charge in [-0.2, -0.15) is 0 Å². The van der Waals surface area contributed by atoms with Gasteiger partial charge >= 0.3 is 5.97 Å². The molecule has 4 rings (SSSR count). The number of anilines is 1. The highest BCUT2D eigenvalue weighted by atomic mass is 16.4. The van der Waals surface area contributed by atoms with Crippen molar-refractivity contribution >= 4 is 22.6 Å². The summed E-state index contributed by atoms with van der Waals surface area (Å²) >= 11 is 0. The maximum absolute atomic E-state index is 12.7. The first-order valence-electron chi connectivity index (χ1n) is 9.33. The van der Waals surface area contributed by atoms with Crippen molar-refractivity contribution in [3.8, 4) is 0 Å². The van der Waals surface area contributed by atoms with Crippen LogP contribution in [-0.2, 0) is 13.0 Å². The molecular weight excluding hydrogens is 340 g/mol. The second-order valence-corrected chi connectivity index (χ2v) is 6.98. The molecule has 5 nitrogen and oxygen atoms in total. The fraction of sp³-hybridized carbons (Fsp3) is 0.273. The van der Waals surface area contributed by atoms with E-state index in [1.54, 1.807) is 10.6 Å². The molecule has 1 aromatic heterocycles. The van der Waals surface area contributed by atoms with E-state index in [9.17, 15) is 14.7 Å². The van der Waals surface area contributed by atoms with Gasteiger partial charge in [-0.3, -0.25) is 4.79 Å². The first-order chi connectivity index (χ1) is 13.1. The first kappa shape index (κ1) is 17.3. The van der Waals surface area contributed by atoms with Crippen LogP contribution in [0.3, 0.4) is 0 Å². The van der Waals surface area contributed by atoms with Crippen LogP contribution in [0.1, 0.15) is 47.3 Å². The van der Waals surface area contributed by atoms with E-state index >= 15 is 0 Å². The minimum Gasteiger partial charge on any atom is -0.477 e. The highest BCUT2D eigenvalue weighted by Gasteiger charge is 2.20. The number of carbonyl (C=O) groups is 1. The maximum Gasteiger partial charge on any atom is 0.341 e. The average molecular weight is 362 g/mol. The molecule has 3 aromatic rings. The third-order valence-corrected chi connectivity index (χ3v) is 5.36. The molecule has 0 bridgehead atoms. The number of rotatable bonds is 4. The van der Waals surface area contributed by atoms with E-state index in [1.807, 2.05) is 19.1 Å². The number of fused-ring (bicyclic) bond motifs is 2. The zero-order valence-corrected chi connectivity index (χ0v) is 15.2. The van der Waals surface area contributed by atoms with Crippen LogP contribution >= 0.6 is 0 Å². The van der Waals surface area contributed by atoms with Crippen LogP contribution in [0.4, 0.5) is 5.69 Å². The third kappa shape index (κ3) is 3.10. The van der Waals surface area contributed by atoms with Gasteiger partial charge in [-0.05, 0) is 55.5 Å². The van der Waals surface area contributed by atoms with Gasteiger partial charge in [-0.1, -0.05) is 24.3 Å². The molecule has 27 heavy (non-hydrogen) atoms. The van der Waals surface area contributed by atoms with Gasteiger partial charge in [-0.15, -0.1) is 0 Å². The number of carboxylic acids is 1. The molecular formula is C22H22N2O3. The highest BCUT2D eigenvalue weighted by molar-refractivity contribution is 5.93. The number of nitrogens with one attached hydrogen (secondary N) is 1. The molecule has 1 heterocycles. The van der Waals surface area contributed by atoms with Crippen LogP contribution in [0.5, 0.6) is 0 Å². The van der Waals surface area contributed by atoms with Gasteiger partial charge in [-0.25, -0.2) is 4.79 Å². The van der Waals surface area contributed by atoms with Gasteiger partial charge in [0.05, 0.1) is 11.6 Å². The van der Waals surface area contributed by atoms with E-state index in [4.69, 9.17) is 0 Å². The van der Waals surface area contributed by atoms with Gasteiger partial charge in [0.25, 0.3) is 0 Å². The molecule has 0 saturated heterocycles. The molecule has 5 heteroatoms. The summed E-state index contributed by atoms with van der Waals surface area (Å²) in [5.41, 5.74) is 3.63. The molecule has 1 atom stereocenters. The molecule has 1 aliphatic carbocycles. The van der Waals surface area contributed by atoms with Crippen molar-refractivity contribution < 1.29 is 9.90 Å². The first-order valence-corrected chi connectivity index (χ1v) is 9.33. The van der Waals surface area contributed by atoms with Crippen molar-refractivity contribution in [1.82, 2.24) is 4.57 Å². The zero-order chi connectivity index (χ0) is 19.0. The second kappa shape index (κ2) is 6.91. The number of aromatic nitrogens is 1. The number of carboxylic acid groups (broad SMARTS) is 1. The summed E-state index contributed by atoms with van der Waals surface area (Å²) in [6, 6.07) is 14.3. The fourth-order valence-corrected chi connectivity index (χ4v) is 4.01. The lowest BCUT2D eigenvalue weighted by molar-refractivity contribution is 0.0695. The Morgan fingerprint density at radius 1 is 1.26 bits per heavy atom. The lowest BCUT2D eigenvalue weighted by Crippen LogP contribution is -2.20. The highest BCUT2D eigenvalue weighted by Crippen LogP contribution is 2.32. The monoisotopic (exact) mass is 362 g/mol. The van der Waals surface area contributed by atoms with E-state index in [-0.39, 0.29) is 11.6 Å². The Bertz CT molecular complexity index is 1080. The minimum atomic E-state index is -1.19. The Morgan fingerprint density at radius 2 is 2.07 bits per heavy atom. The maximum atomic E-state index is 12.7. The minimum absolute atomic E-state index is 0.190. The molecule has 0 radical (unpaired) electrons. The number of aromatic carboxylic acids is 1. The molecule has 1 aliphatic rings. The van der Waals surface area contributed by atoms with Crippen LogP contribution in [0.25, 0.3) is 10.9 Å². The summed E-state index contributed by atoms with van der Waals surface area (Å²) in [6.45, 7) is 2.53. The Kier molecular flexibility index (Phi) is 4.44. The van der Waals surface area contributed by atoms with Crippen molar-refractivity contribution in [3.05, 3.63) is 75.6 Å². The van der Waals surface area contributed by atoms with E-state index in [0.717, 1.165) is 30.5 Å². The number of aryl methyl sites for hydroxylation is 2. The van der Waals surface area contributed by atoms with Crippen LogP contribution in [0.15, 0.2) is 53.5 Å². The summed E-state index contributed by atoms with van der Waals surface area (Å²) in [6.07, 6.45) is 4.67. The SMILES string of the molecule is CCn1cc(C(=O)O)c(=O)c2cc(NC3CCCc4ccccc43)ccc21. The smallest absolute Gasteiger partial charge is 0.341 e. The molecule has 1 unspecified atom stereocenters. The third-order valence-electron chi connectivity index (χ3n) is 5.36. The van der Waals surface area contributed by atoms with Crippen molar-refractivity contribution in [1.29, 1.82) is 0 Å². The predicted molar refractivity (Wildman–Crippen MR) is 107 cm³/mol. The van der Waals surface area contributed by atoms with E-state index in [1.165, 1.54) is 17.3 Å². The van der Waals surface area contributed by atoms with Crippen molar-refractivity contribution in [2.75, 3.05) is 5.32 Å². The summed E-state index contributed by atoms with van der Waals surface area (Å²) in [5.74, 6) is -1.19. The fourth-order valence-electron chi connectivity index (χ4n) is 4.01. The van der Waals surface area contributed by atoms with Crippen molar-refractivity contribution in [3.63, 3.8) is 0 Å². The van der Waals surface area contributed by atoms with Crippen LogP contribution in [0.2, 0.25) is 0 Å². The largest absolute Gasteiger partial charge is 0.477 e. The Balaban J connectivity index is 1.77. The van der Waals surface area contributed by atoms with Crippen LogP contribution in [0, 0.1) is 0 Å². The van der Waals surface area contributed by atoms with E-state index < -0.39 is 11.4 Å². The van der Waals surface area contributed by atoms with Gasteiger partial charge in [0.2, 0.25) is 5.43 Å². The Hall–Kier alpha value is -3.08. The second-order valence-electron chi connectivity index (χ2n) is 6.98. The molecule has 0 saturated carbocycles. The number of benzene rings is 2. The molecule has 2 N–H and O–H groups in total. The van der Waals surface area contributed by atoms with Crippen LogP contribution < -0.4 is 10.7 Å². The number of hydrogen-bond donors (Lipinski definition) is 2. The Morgan fingerprint density at radius 3 is 2.85 bits per heavy atom. The molecule has 0 aliphatic heterocycles. The van der Waals surface area contributed by atoms with Crippen LogP contribution in [-0.4, -0.2) is 15.6 Å². The topological polar surface area (TPSA) is 71.3 Å². The summed E-state index contributed by atoms with van der Waals surface area (Å²) in [5, 5.41) is 13.3. The van der Waals surface area contributed by atoms with Gasteiger partial charge in [0.1, 0.15) is 5.56 Å². The number of hydrogen-bond acceptors (Lipinski definition) is 3. The lowest BCUT2D eigenvalue weighted by atomic mass is 9.87. The van der Waals surface area contributed by atoms with Gasteiger partial charge in [0.15, 0.2) is 0 Å². The summed E-state index contributed by atoms with van der Waals surface area (Å²) in [7, 11) is 0. The normalized spacial score (nSPS) is 16.1. The van der Waals surface area contributed by atoms with Crippen molar-refractivity contribution in [2.45, 2.75) is 38.8 Å². The zero-order valence-electron chi connectivity index (χ0n) is 15.2. The van der Waals surface area contributed by atoms with Gasteiger partial charge in [0, 0.05) is 23.8 Å². The standard InChI is InChI=1S/C22H22N2O3/c1-2-24-13-18(22(26)27)21(25)17-12-15(10-11-20(17)24)23-19-9-5-7-14-6-3-4-8-16(14)19/h3-4,6,8,10-13,19,23H,2,5,7,9H2,1H3,(H,26,27). The van der Waals surface area contributed by atoms with Gasteiger partial charge < -0.3 is 15.0 Å². The predicted octanol–water partition coefficient (Wildman–Crippen LogP) is 4.21. The Labute approximate surface area is 157 Å². The number of pyridine rings is 1. The van der Waals surface area contributed by atoms with E-state index in [0.29, 0.717) is 11.9 Å². The average Bonchev–Trinajstić information content (AvgIpc) is 2.68. The van der Waals surface area contributed by atoms with Crippen molar-refractivity contribution in [2.24, 2.45) is 0 Å². The summed E-state index contributed by atoms with van der Waals surface area (Å²) < 4.78 is 1.81. The molecule has 0 fully saturated rings. The number of nitrogens with zero attached hydrogens (tertiary/aromatic N) is 1. The molecule has 0 spiro atoms. The molecule has 2 aromatic carbocycles. The quantitative estimate of drug-likeness (QED) is 0.729. The summed E-state index contributed by atoms with van der Waals surface area (Å²) in [4.78, 5) is 24.1. The lowest BCUT2D eigenvalue weighted by Gasteiger charge is -2.27.